The van der Waals surface area contributed by atoms with Crippen molar-refractivity contribution < 1.29 is 56.7 Å². The second-order valence-electron chi connectivity index (χ2n) is 10.1. The van der Waals surface area contributed by atoms with E-state index in [1.165, 1.54) is 10.9 Å². The Morgan fingerprint density at radius 1 is 0.891 bits per heavy atom. The molecule has 0 saturated carbocycles. The molecule has 0 spiro atoms. The van der Waals surface area contributed by atoms with Gasteiger partial charge in [-0.25, -0.2) is 24.5 Å². The molecule has 25 heteroatoms. The number of nitrogens with zero attached hydrogens (tertiary/aromatic N) is 7. The first-order chi connectivity index (χ1) is 21.3. The van der Waals surface area contributed by atoms with Gasteiger partial charge < -0.3 is 50.0 Å². The Morgan fingerprint density at radius 2 is 1.57 bits per heavy atom. The standard InChI is InChI=1S/C20H24N10O13P2.CH4/c21-14-8-15(24-3-23-14)29(4-25-8)19-13-10(31)6(40-19)1-38-44(34,35)42-12-7(2-39-45(36,37)43-13)41-18(11(12)32)30-5-26-9-16(30)27-20(22)28-17(9)33;/h3-7,10-13,18-19,31-32H,1-2H2,(H,34,35)(H,36,37)(H2,21,23,24)(H3,22,27,28,33);1H4/p-1/t6-,7-,10+,11+,12?,13?,18-,19-;/m1./s1. The van der Waals surface area contributed by atoms with E-state index >= 15 is 0 Å². The van der Waals surface area contributed by atoms with Gasteiger partial charge in [-0.3, -0.25) is 32.5 Å². The SMILES string of the molecule is C.Nc1nc2c(ncn2[C@@H]2O[C@@H]3COP(=O)(O)OC4[C@@H](O)[C@@H](COP(=O)([O-])OC3[C@@H]2O)O[C@H]4n2cnc3c(N)ncnc32)c(=O)[nH]1. The smallest absolute Gasteiger partial charge is 0.472 e. The number of anilines is 2. The number of hydrogen-bond acceptors (Lipinski definition) is 19. The molecule has 0 radical (unpaired) electrons. The quantitative estimate of drug-likeness (QED) is 0.120. The van der Waals surface area contributed by atoms with E-state index in [1.807, 2.05) is 0 Å². The number of aromatic nitrogens is 8. The first-order valence-electron chi connectivity index (χ1n) is 12.9. The zero-order valence-electron chi connectivity index (χ0n) is 22.4. The van der Waals surface area contributed by atoms with Gasteiger partial charge in [-0.2, -0.15) is 4.98 Å². The predicted molar refractivity (Wildman–Crippen MR) is 148 cm³/mol. The molecule has 10 atom stereocenters. The minimum absolute atomic E-state index is 0. The van der Waals surface area contributed by atoms with Gasteiger partial charge >= 0.3 is 7.82 Å². The minimum Gasteiger partial charge on any atom is -0.756 e. The Morgan fingerprint density at radius 3 is 2.33 bits per heavy atom. The molecule has 7 heterocycles. The summed E-state index contributed by atoms with van der Waals surface area (Å²) in [4.78, 5) is 58.0. The third-order valence-corrected chi connectivity index (χ3v) is 9.26. The molecule has 23 nitrogen and oxygen atoms in total. The second kappa shape index (κ2) is 11.7. The van der Waals surface area contributed by atoms with Crippen LogP contribution in [0.25, 0.3) is 22.3 Å². The van der Waals surface area contributed by atoms with Crippen molar-refractivity contribution in [2.75, 3.05) is 24.7 Å². The van der Waals surface area contributed by atoms with E-state index in [0.29, 0.717) is 0 Å². The molecule has 7 rings (SSSR count). The summed E-state index contributed by atoms with van der Waals surface area (Å²) in [5, 5.41) is 22.1. The summed E-state index contributed by atoms with van der Waals surface area (Å²) in [6.07, 6.45) is -9.53. The van der Waals surface area contributed by atoms with Crippen molar-refractivity contribution in [2.45, 2.75) is 56.5 Å². The predicted octanol–water partition coefficient (Wildman–Crippen LogP) is -2.34. The molecular formula is C21H27N10O13P2-. The summed E-state index contributed by atoms with van der Waals surface area (Å²) in [5.74, 6) is -0.268. The number of aliphatic hydroxyl groups is 2. The molecule has 0 aliphatic carbocycles. The number of phosphoric ester groups is 2. The first-order valence-corrected chi connectivity index (χ1v) is 15.9. The van der Waals surface area contributed by atoms with Crippen LogP contribution in [0.3, 0.4) is 0 Å². The first kappa shape index (κ1) is 32.5. The molecule has 0 amide bonds. The molecule has 3 saturated heterocycles. The number of aromatic amines is 1. The van der Waals surface area contributed by atoms with Crippen LogP contribution in [0.5, 0.6) is 0 Å². The molecule has 250 valence electrons. The highest BCUT2D eigenvalue weighted by atomic mass is 31.2. The van der Waals surface area contributed by atoms with Crippen LogP contribution < -0.4 is 21.9 Å². The maximum Gasteiger partial charge on any atom is 0.472 e. The van der Waals surface area contributed by atoms with Gasteiger partial charge in [0, 0.05) is 0 Å². The maximum atomic E-state index is 13.2. The lowest BCUT2D eigenvalue weighted by atomic mass is 10.1. The number of fused-ring (bicyclic) bond motifs is 5. The molecule has 4 aromatic heterocycles. The summed E-state index contributed by atoms with van der Waals surface area (Å²) in [6, 6.07) is 0. The third kappa shape index (κ3) is 5.59. The molecule has 8 N–H and O–H groups in total. The minimum atomic E-state index is -5.32. The van der Waals surface area contributed by atoms with Gasteiger partial charge in [0.1, 0.15) is 48.5 Å². The lowest BCUT2D eigenvalue weighted by Crippen LogP contribution is -2.37. The van der Waals surface area contributed by atoms with Gasteiger partial charge in [-0.1, -0.05) is 7.43 Å². The second-order valence-corrected chi connectivity index (χ2v) is 12.9. The van der Waals surface area contributed by atoms with Gasteiger partial charge in [0.2, 0.25) is 5.95 Å². The van der Waals surface area contributed by atoms with Gasteiger partial charge in [-0.05, 0) is 0 Å². The Bertz CT molecular complexity index is 1940. The number of nitrogens with one attached hydrogen (secondary N) is 1. The van der Waals surface area contributed by atoms with E-state index in [0.717, 1.165) is 17.2 Å². The molecular weight excluding hydrogens is 662 g/mol. The lowest BCUT2D eigenvalue weighted by Gasteiger charge is -2.30. The number of hydrogen-bond donors (Lipinski definition) is 6. The highest BCUT2D eigenvalue weighted by Gasteiger charge is 2.53. The fourth-order valence-corrected chi connectivity index (χ4v) is 7.17. The zero-order chi connectivity index (χ0) is 31.8. The van der Waals surface area contributed by atoms with Gasteiger partial charge in [0.25, 0.3) is 13.4 Å². The van der Waals surface area contributed by atoms with Gasteiger partial charge in [-0.15, -0.1) is 0 Å². The van der Waals surface area contributed by atoms with Crippen LogP contribution in [0, 0.1) is 0 Å². The fourth-order valence-electron chi connectivity index (χ4n) is 5.29. The summed E-state index contributed by atoms with van der Waals surface area (Å²) in [6.45, 7) is -1.74. The van der Waals surface area contributed by atoms with Gasteiger partial charge in [0.15, 0.2) is 35.1 Å². The van der Waals surface area contributed by atoms with E-state index in [1.54, 1.807) is 0 Å². The maximum absolute atomic E-state index is 13.2. The van der Waals surface area contributed by atoms with E-state index in [4.69, 9.17) is 39.0 Å². The van der Waals surface area contributed by atoms with Crippen LogP contribution in [0.15, 0.2) is 23.8 Å². The van der Waals surface area contributed by atoms with Crippen molar-refractivity contribution in [2.24, 2.45) is 0 Å². The average molecular weight is 689 g/mol. The van der Waals surface area contributed by atoms with E-state index in [2.05, 4.69) is 29.9 Å². The number of nitrogens with two attached hydrogens (primary N) is 2. The Balaban J connectivity index is 0.00000372. The topological polar surface area (TPSA) is 332 Å². The molecule has 2 bridgehead atoms. The highest BCUT2D eigenvalue weighted by Crippen LogP contribution is 2.52. The third-order valence-electron chi connectivity index (χ3n) is 7.31. The van der Waals surface area contributed by atoms with Crippen molar-refractivity contribution in [1.29, 1.82) is 0 Å². The van der Waals surface area contributed by atoms with Crippen molar-refractivity contribution in [1.82, 2.24) is 39.0 Å². The van der Waals surface area contributed by atoms with Crippen LogP contribution in [-0.2, 0) is 36.7 Å². The van der Waals surface area contributed by atoms with Crippen LogP contribution in [0.4, 0.5) is 11.8 Å². The molecule has 0 aromatic carbocycles. The number of rotatable bonds is 2. The molecule has 4 aromatic rings. The molecule has 3 aliphatic heterocycles. The number of H-pyrrole nitrogens is 1. The number of aliphatic hydroxyl groups excluding tert-OH is 2. The largest absolute Gasteiger partial charge is 0.756 e. The van der Waals surface area contributed by atoms with Gasteiger partial charge in [0.05, 0.1) is 25.9 Å². The van der Waals surface area contributed by atoms with Crippen LogP contribution >= 0.6 is 15.6 Å². The molecule has 3 fully saturated rings. The summed E-state index contributed by atoms with van der Waals surface area (Å²) in [7, 11) is -10.4. The Labute approximate surface area is 256 Å². The average Bonchev–Trinajstić information content (AvgIpc) is 3.72. The van der Waals surface area contributed by atoms with Crippen LogP contribution in [0.1, 0.15) is 19.9 Å². The fraction of sp³-hybridized carbons (Fsp3) is 0.524. The summed E-state index contributed by atoms with van der Waals surface area (Å²) >= 11 is 0. The number of nitrogen functional groups attached to an aromatic ring is 2. The normalized spacial score (nSPS) is 36.9. The van der Waals surface area contributed by atoms with Crippen molar-refractivity contribution in [3.8, 4) is 0 Å². The number of phosphoric acid groups is 2. The number of ether oxygens (including phenoxy) is 2. The monoisotopic (exact) mass is 689 g/mol. The van der Waals surface area contributed by atoms with Crippen molar-refractivity contribution in [3.63, 3.8) is 0 Å². The Kier molecular flexibility index (Phi) is 8.24. The van der Waals surface area contributed by atoms with Crippen molar-refractivity contribution >= 4 is 49.7 Å². The zero-order valence-corrected chi connectivity index (χ0v) is 24.2. The summed E-state index contributed by atoms with van der Waals surface area (Å²) < 4.78 is 60.6. The Hall–Kier alpha value is -3.44. The lowest BCUT2D eigenvalue weighted by molar-refractivity contribution is -0.236. The van der Waals surface area contributed by atoms with Crippen molar-refractivity contribution in [3.05, 3.63) is 29.3 Å². The number of imidazole rings is 2. The molecule has 4 unspecified atom stereocenters. The van der Waals surface area contributed by atoms with E-state index in [-0.39, 0.29) is 41.5 Å². The van der Waals surface area contributed by atoms with Crippen LogP contribution in [-0.4, -0.2) is 104 Å². The van der Waals surface area contributed by atoms with Crippen LogP contribution in [0.2, 0.25) is 0 Å². The van der Waals surface area contributed by atoms with E-state index < -0.39 is 83.5 Å². The highest BCUT2D eigenvalue weighted by molar-refractivity contribution is 7.47. The molecule has 3 aliphatic rings. The summed E-state index contributed by atoms with van der Waals surface area (Å²) in [5.41, 5.74) is 10.7. The molecule has 46 heavy (non-hydrogen) atoms. The van der Waals surface area contributed by atoms with E-state index in [9.17, 15) is 33.9 Å².